The second-order valence-corrected chi connectivity index (χ2v) is 6.82. The highest BCUT2D eigenvalue weighted by Crippen LogP contribution is 2.16. The van der Waals surface area contributed by atoms with Gasteiger partial charge in [-0.3, -0.25) is 0 Å². The average Bonchev–Trinajstić information content (AvgIpc) is 2.44. The van der Waals surface area contributed by atoms with E-state index in [4.69, 9.17) is 5.14 Å². The third kappa shape index (κ3) is 5.58. The molecule has 1 saturated heterocycles. The van der Waals surface area contributed by atoms with Gasteiger partial charge in [-0.05, 0) is 37.3 Å². The Hall–Kier alpha value is -0.950. The number of nitrogens with one attached hydrogen (secondary N) is 1. The lowest BCUT2D eigenvalue weighted by Crippen LogP contribution is -2.43. The van der Waals surface area contributed by atoms with Crippen LogP contribution in [0.4, 0.5) is 0 Å². The molecule has 0 radical (unpaired) electrons. The van der Waals surface area contributed by atoms with Gasteiger partial charge in [0.25, 0.3) is 10.2 Å². The Morgan fingerprint density at radius 3 is 2.75 bits per heavy atom. The van der Waals surface area contributed by atoms with Crippen LogP contribution in [0.5, 0.6) is 0 Å². The molecule has 0 amide bonds. The van der Waals surface area contributed by atoms with Gasteiger partial charge >= 0.3 is 0 Å². The molecule has 3 N–H and O–H groups in total. The maximum atomic E-state index is 10.9. The fraction of sp³-hybridized carbons (Fsp3) is 0.571. The molecular weight excluding hydrogens is 274 g/mol. The van der Waals surface area contributed by atoms with Crippen molar-refractivity contribution in [3.63, 3.8) is 0 Å². The number of nitrogens with two attached hydrogens (primary N) is 1. The number of likely N-dealkylation sites (tertiary alicyclic amines) is 1. The molecular formula is C14H23N3O2S. The Kier molecular flexibility index (Phi) is 5.54. The van der Waals surface area contributed by atoms with E-state index in [9.17, 15) is 8.42 Å². The maximum absolute atomic E-state index is 10.9. The number of benzene rings is 1. The van der Waals surface area contributed by atoms with Crippen molar-refractivity contribution in [1.82, 2.24) is 9.62 Å². The number of hydrogen-bond acceptors (Lipinski definition) is 3. The minimum atomic E-state index is -3.56. The Bertz CT molecular complexity index is 504. The van der Waals surface area contributed by atoms with E-state index in [2.05, 4.69) is 33.9 Å². The summed E-state index contributed by atoms with van der Waals surface area (Å²) >= 11 is 0. The fourth-order valence-corrected chi connectivity index (χ4v) is 3.15. The Balaban J connectivity index is 1.76. The molecule has 1 fully saturated rings. The number of hydrogen-bond donors (Lipinski definition) is 2. The van der Waals surface area contributed by atoms with Gasteiger partial charge in [0.2, 0.25) is 0 Å². The van der Waals surface area contributed by atoms with E-state index in [1.807, 2.05) is 6.07 Å². The van der Waals surface area contributed by atoms with Crippen molar-refractivity contribution < 1.29 is 8.42 Å². The number of piperidine rings is 1. The zero-order chi connectivity index (χ0) is 14.4. The standard InChI is InChI=1S/C14H23N3O2S/c15-20(18,19)16-11-14-7-4-9-17(12-14)10-8-13-5-2-1-3-6-13/h1-3,5-6,14,16H,4,7-12H2,(H2,15,18,19)/t14-/m0/s1. The first-order chi connectivity index (χ1) is 9.53. The molecule has 1 atom stereocenters. The minimum Gasteiger partial charge on any atom is -0.303 e. The minimum absolute atomic E-state index is 0.359. The van der Waals surface area contributed by atoms with E-state index in [1.165, 1.54) is 5.56 Å². The van der Waals surface area contributed by atoms with E-state index in [0.29, 0.717) is 12.5 Å². The molecule has 0 aromatic heterocycles. The van der Waals surface area contributed by atoms with Crippen molar-refractivity contribution in [3.05, 3.63) is 35.9 Å². The molecule has 1 aliphatic rings. The predicted octanol–water partition coefficient (Wildman–Crippen LogP) is 0.734. The summed E-state index contributed by atoms with van der Waals surface area (Å²) in [6.07, 6.45) is 3.21. The topological polar surface area (TPSA) is 75.4 Å². The molecule has 1 aliphatic heterocycles. The summed E-state index contributed by atoms with van der Waals surface area (Å²) in [7, 11) is -3.56. The Morgan fingerprint density at radius 1 is 1.30 bits per heavy atom. The highest BCUT2D eigenvalue weighted by atomic mass is 32.2. The molecule has 1 aromatic carbocycles. The van der Waals surface area contributed by atoms with E-state index in [-0.39, 0.29) is 0 Å². The largest absolute Gasteiger partial charge is 0.303 e. The smallest absolute Gasteiger partial charge is 0.274 e. The summed E-state index contributed by atoms with van der Waals surface area (Å²) in [5, 5.41) is 4.97. The Labute approximate surface area is 121 Å². The molecule has 1 heterocycles. The average molecular weight is 297 g/mol. The fourth-order valence-electron chi connectivity index (χ4n) is 2.69. The van der Waals surface area contributed by atoms with Crippen LogP contribution in [0.3, 0.4) is 0 Å². The molecule has 0 unspecified atom stereocenters. The van der Waals surface area contributed by atoms with Crippen molar-refractivity contribution in [2.75, 3.05) is 26.2 Å². The Morgan fingerprint density at radius 2 is 2.05 bits per heavy atom. The van der Waals surface area contributed by atoms with Crippen molar-refractivity contribution in [2.24, 2.45) is 11.1 Å². The summed E-state index contributed by atoms with van der Waals surface area (Å²) in [5.74, 6) is 0.359. The second-order valence-electron chi connectivity index (χ2n) is 5.44. The molecule has 6 heteroatoms. The molecule has 0 bridgehead atoms. The van der Waals surface area contributed by atoms with Gasteiger partial charge in [0.15, 0.2) is 0 Å². The van der Waals surface area contributed by atoms with Gasteiger partial charge < -0.3 is 4.90 Å². The van der Waals surface area contributed by atoms with Crippen molar-refractivity contribution >= 4 is 10.2 Å². The molecule has 112 valence electrons. The molecule has 2 rings (SSSR count). The van der Waals surface area contributed by atoms with E-state index >= 15 is 0 Å². The van der Waals surface area contributed by atoms with Gasteiger partial charge in [0.1, 0.15) is 0 Å². The lowest BCUT2D eigenvalue weighted by Gasteiger charge is -2.32. The number of nitrogens with zero attached hydrogens (tertiary/aromatic N) is 1. The van der Waals surface area contributed by atoms with Gasteiger partial charge in [-0.15, -0.1) is 0 Å². The lowest BCUT2D eigenvalue weighted by molar-refractivity contribution is 0.178. The first-order valence-corrected chi connectivity index (χ1v) is 8.61. The molecule has 0 aliphatic carbocycles. The molecule has 1 aromatic rings. The van der Waals surface area contributed by atoms with Crippen molar-refractivity contribution in [1.29, 1.82) is 0 Å². The first-order valence-electron chi connectivity index (χ1n) is 7.06. The quantitative estimate of drug-likeness (QED) is 0.813. The molecule has 20 heavy (non-hydrogen) atoms. The van der Waals surface area contributed by atoms with Crippen LogP contribution in [-0.2, 0) is 16.6 Å². The van der Waals surface area contributed by atoms with Crippen LogP contribution in [0.1, 0.15) is 18.4 Å². The van der Waals surface area contributed by atoms with Crippen LogP contribution in [-0.4, -0.2) is 39.5 Å². The first kappa shape index (κ1) is 15.4. The highest BCUT2D eigenvalue weighted by Gasteiger charge is 2.20. The van der Waals surface area contributed by atoms with E-state index in [0.717, 1.165) is 38.9 Å². The SMILES string of the molecule is NS(=O)(=O)NC[C@@H]1CCCN(CCc2ccccc2)C1. The third-order valence-corrected chi connectivity index (χ3v) is 4.30. The third-order valence-electron chi connectivity index (χ3n) is 3.74. The highest BCUT2D eigenvalue weighted by molar-refractivity contribution is 7.87. The van der Waals surface area contributed by atoms with Crippen LogP contribution < -0.4 is 9.86 Å². The van der Waals surface area contributed by atoms with Crippen molar-refractivity contribution in [3.8, 4) is 0 Å². The maximum Gasteiger partial charge on any atom is 0.274 e. The zero-order valence-corrected chi connectivity index (χ0v) is 12.5. The monoisotopic (exact) mass is 297 g/mol. The zero-order valence-electron chi connectivity index (χ0n) is 11.7. The van der Waals surface area contributed by atoms with E-state index in [1.54, 1.807) is 0 Å². The molecule has 5 nitrogen and oxygen atoms in total. The van der Waals surface area contributed by atoms with Crippen molar-refractivity contribution in [2.45, 2.75) is 19.3 Å². The van der Waals surface area contributed by atoms with Gasteiger partial charge in [-0.25, -0.2) is 9.86 Å². The lowest BCUT2D eigenvalue weighted by atomic mass is 9.98. The normalized spacial score (nSPS) is 20.9. The predicted molar refractivity (Wildman–Crippen MR) is 80.4 cm³/mol. The van der Waals surface area contributed by atoms with Gasteiger partial charge in [0.05, 0.1) is 0 Å². The summed E-state index contributed by atoms with van der Waals surface area (Å²) < 4.78 is 24.2. The molecule has 0 saturated carbocycles. The van der Waals surface area contributed by atoms with Gasteiger partial charge in [-0.2, -0.15) is 8.42 Å². The number of rotatable bonds is 6. The summed E-state index contributed by atoms with van der Waals surface area (Å²) in [6, 6.07) is 10.4. The van der Waals surface area contributed by atoms with E-state index < -0.39 is 10.2 Å². The summed E-state index contributed by atoms with van der Waals surface area (Å²) in [5.41, 5.74) is 1.34. The second kappa shape index (κ2) is 7.17. The van der Waals surface area contributed by atoms with Gasteiger partial charge in [0, 0.05) is 19.6 Å². The summed E-state index contributed by atoms with van der Waals surface area (Å²) in [4.78, 5) is 2.41. The van der Waals surface area contributed by atoms with Crippen LogP contribution in [0, 0.1) is 5.92 Å². The van der Waals surface area contributed by atoms with Gasteiger partial charge in [-0.1, -0.05) is 30.3 Å². The van der Waals surface area contributed by atoms with Crippen LogP contribution in [0.25, 0.3) is 0 Å². The van der Waals surface area contributed by atoms with Crippen LogP contribution in [0.15, 0.2) is 30.3 Å². The van der Waals surface area contributed by atoms with Crippen LogP contribution in [0.2, 0.25) is 0 Å². The molecule has 0 spiro atoms. The summed E-state index contributed by atoms with van der Waals surface area (Å²) in [6.45, 7) is 3.50. The van der Waals surface area contributed by atoms with Crippen LogP contribution >= 0.6 is 0 Å².